The topological polar surface area (TPSA) is 42.9 Å². The van der Waals surface area contributed by atoms with Gasteiger partial charge in [0.2, 0.25) is 5.60 Å². The standard InChI is InChI=1S/C14H12I3NO2/c1-2-14(4-3-5-18-8-14)20-13(19)10-6-9(15)7-11(16)12(10)17/h1,6-7,18H,3-5,8H2/p+1. The molecule has 20 heavy (non-hydrogen) atoms. The average molecular weight is 608 g/mol. The Morgan fingerprint density at radius 1 is 1.40 bits per heavy atom. The summed E-state index contributed by atoms with van der Waals surface area (Å²) in [4.78, 5) is 12.5. The lowest BCUT2D eigenvalue weighted by Gasteiger charge is -2.30. The van der Waals surface area contributed by atoms with Crippen molar-refractivity contribution in [3.8, 4) is 12.3 Å². The van der Waals surface area contributed by atoms with Crippen LogP contribution < -0.4 is 5.32 Å². The molecule has 1 unspecified atom stereocenters. The van der Waals surface area contributed by atoms with E-state index in [2.05, 4.69) is 79.0 Å². The Hall–Kier alpha value is 0.400. The largest absolute Gasteiger partial charge is 0.436 e. The molecule has 2 N–H and O–H groups in total. The summed E-state index contributed by atoms with van der Waals surface area (Å²) >= 11 is 6.61. The minimum atomic E-state index is -0.759. The molecule has 0 amide bonds. The van der Waals surface area contributed by atoms with Crippen molar-refractivity contribution < 1.29 is 14.8 Å². The highest BCUT2D eigenvalue weighted by atomic mass is 127. The molecule has 0 spiro atoms. The van der Waals surface area contributed by atoms with E-state index in [1.54, 1.807) is 0 Å². The zero-order valence-corrected chi connectivity index (χ0v) is 17.1. The van der Waals surface area contributed by atoms with Crippen molar-refractivity contribution in [1.82, 2.24) is 0 Å². The Kier molecular flexibility index (Phi) is 5.96. The van der Waals surface area contributed by atoms with Crippen molar-refractivity contribution in [1.29, 1.82) is 0 Å². The Morgan fingerprint density at radius 3 is 2.75 bits per heavy atom. The van der Waals surface area contributed by atoms with Crippen LogP contribution in [0.3, 0.4) is 0 Å². The number of halogens is 3. The number of ether oxygens (including phenoxy) is 1. The Balaban J connectivity index is 2.26. The number of nitrogens with two attached hydrogens (primary N) is 1. The van der Waals surface area contributed by atoms with E-state index in [0.29, 0.717) is 12.1 Å². The number of rotatable bonds is 2. The van der Waals surface area contributed by atoms with Gasteiger partial charge in [-0.15, -0.1) is 6.42 Å². The van der Waals surface area contributed by atoms with Crippen molar-refractivity contribution >= 4 is 73.7 Å². The lowest BCUT2D eigenvalue weighted by atomic mass is 9.95. The molecule has 1 aromatic rings. The van der Waals surface area contributed by atoms with Gasteiger partial charge in [-0.2, -0.15) is 0 Å². The lowest BCUT2D eigenvalue weighted by Crippen LogP contribution is -2.90. The van der Waals surface area contributed by atoms with Crippen molar-refractivity contribution in [2.24, 2.45) is 0 Å². The third kappa shape index (κ3) is 3.78. The average Bonchev–Trinajstić information content (AvgIpc) is 2.43. The van der Waals surface area contributed by atoms with Crippen molar-refractivity contribution in [2.45, 2.75) is 18.4 Å². The fourth-order valence-electron chi connectivity index (χ4n) is 2.16. The van der Waals surface area contributed by atoms with Crippen LogP contribution in [0, 0.1) is 23.1 Å². The van der Waals surface area contributed by atoms with Gasteiger partial charge >= 0.3 is 5.97 Å². The number of esters is 1. The van der Waals surface area contributed by atoms with E-state index >= 15 is 0 Å². The number of carbonyl (C=O) groups is 1. The molecule has 1 aromatic carbocycles. The number of benzene rings is 1. The van der Waals surface area contributed by atoms with Gasteiger partial charge in [0.15, 0.2) is 0 Å². The molecule has 2 rings (SSSR count). The van der Waals surface area contributed by atoms with Crippen molar-refractivity contribution in [3.63, 3.8) is 0 Å². The van der Waals surface area contributed by atoms with Crippen LogP contribution in [0.4, 0.5) is 0 Å². The molecule has 0 saturated carbocycles. The predicted octanol–water partition coefficient (Wildman–Crippen LogP) is 2.39. The molecule has 106 valence electrons. The molecule has 1 saturated heterocycles. The second-order valence-corrected chi connectivity index (χ2v) is 8.15. The van der Waals surface area contributed by atoms with Crippen molar-refractivity contribution in [3.05, 3.63) is 28.4 Å². The lowest BCUT2D eigenvalue weighted by molar-refractivity contribution is -0.673. The maximum Gasteiger partial charge on any atom is 0.341 e. The zero-order chi connectivity index (χ0) is 14.8. The summed E-state index contributed by atoms with van der Waals surface area (Å²) in [5.74, 6) is 2.37. The third-order valence-electron chi connectivity index (χ3n) is 3.23. The van der Waals surface area contributed by atoms with Gasteiger partial charge in [0, 0.05) is 23.6 Å². The van der Waals surface area contributed by atoms with Gasteiger partial charge in [-0.25, -0.2) is 4.79 Å². The number of carbonyl (C=O) groups excluding carboxylic acids is 1. The second kappa shape index (κ2) is 7.11. The van der Waals surface area contributed by atoms with Gasteiger partial charge in [-0.3, -0.25) is 0 Å². The van der Waals surface area contributed by atoms with Gasteiger partial charge < -0.3 is 10.1 Å². The normalized spacial score (nSPS) is 22.1. The maximum absolute atomic E-state index is 12.5. The van der Waals surface area contributed by atoms with Crippen LogP contribution in [0.15, 0.2) is 12.1 Å². The smallest absolute Gasteiger partial charge is 0.341 e. The molecular formula is C14H13I3NO2+. The first-order chi connectivity index (χ1) is 9.47. The summed E-state index contributed by atoms with van der Waals surface area (Å²) in [6, 6.07) is 3.88. The van der Waals surface area contributed by atoms with E-state index in [4.69, 9.17) is 11.2 Å². The Morgan fingerprint density at radius 2 is 2.15 bits per heavy atom. The molecule has 0 aliphatic carbocycles. The minimum absolute atomic E-state index is 0.320. The first-order valence-corrected chi connectivity index (χ1v) is 9.38. The van der Waals surface area contributed by atoms with E-state index in [1.165, 1.54) is 0 Å². The molecule has 6 heteroatoms. The molecule has 0 radical (unpaired) electrons. The number of terminal acetylenes is 1. The maximum atomic E-state index is 12.5. The van der Waals surface area contributed by atoms with Gasteiger partial charge in [-0.1, -0.05) is 5.92 Å². The highest BCUT2D eigenvalue weighted by Gasteiger charge is 2.37. The summed E-state index contributed by atoms with van der Waals surface area (Å²) in [6.45, 7) is 1.69. The van der Waals surface area contributed by atoms with E-state index in [1.807, 2.05) is 12.1 Å². The van der Waals surface area contributed by atoms with Crippen LogP contribution in [0.2, 0.25) is 0 Å². The summed E-state index contributed by atoms with van der Waals surface area (Å²) in [5, 5.41) is 2.11. The van der Waals surface area contributed by atoms with E-state index in [9.17, 15) is 4.79 Å². The fraction of sp³-hybridized carbons (Fsp3) is 0.357. The first-order valence-electron chi connectivity index (χ1n) is 6.15. The summed E-state index contributed by atoms with van der Waals surface area (Å²) in [7, 11) is 0. The van der Waals surface area contributed by atoms with Crippen LogP contribution in [0.25, 0.3) is 0 Å². The molecule has 3 nitrogen and oxygen atoms in total. The molecule has 1 aliphatic heterocycles. The van der Waals surface area contributed by atoms with Crippen LogP contribution >= 0.6 is 67.8 Å². The van der Waals surface area contributed by atoms with E-state index in [-0.39, 0.29) is 5.97 Å². The van der Waals surface area contributed by atoms with Crippen LogP contribution in [0.5, 0.6) is 0 Å². The highest BCUT2D eigenvalue weighted by Crippen LogP contribution is 2.26. The van der Waals surface area contributed by atoms with Crippen LogP contribution in [-0.2, 0) is 4.74 Å². The highest BCUT2D eigenvalue weighted by molar-refractivity contribution is 14.1. The first kappa shape index (κ1) is 16.8. The second-order valence-electron chi connectivity index (χ2n) is 4.66. The van der Waals surface area contributed by atoms with Crippen LogP contribution in [-0.4, -0.2) is 24.7 Å². The van der Waals surface area contributed by atoms with Gasteiger partial charge in [0.25, 0.3) is 0 Å². The summed E-state index contributed by atoms with van der Waals surface area (Å²) in [5.41, 5.74) is -0.160. The van der Waals surface area contributed by atoms with E-state index in [0.717, 1.165) is 30.1 Å². The van der Waals surface area contributed by atoms with Crippen LogP contribution in [0.1, 0.15) is 23.2 Å². The SMILES string of the molecule is C#CC1(OC(=O)c2cc(I)cc(I)c2I)CCC[NH2+]C1. The minimum Gasteiger partial charge on any atom is -0.436 e. The van der Waals surface area contributed by atoms with Gasteiger partial charge in [-0.05, 0) is 79.9 Å². The fourth-order valence-corrected chi connectivity index (χ4v) is 4.54. The van der Waals surface area contributed by atoms with E-state index < -0.39 is 5.60 Å². The third-order valence-corrected chi connectivity index (χ3v) is 6.89. The summed E-state index contributed by atoms with van der Waals surface area (Å²) < 4.78 is 8.67. The predicted molar refractivity (Wildman–Crippen MR) is 102 cm³/mol. The number of hydrogen-bond donors (Lipinski definition) is 1. The Bertz CT molecular complexity index is 575. The summed E-state index contributed by atoms with van der Waals surface area (Å²) in [6.07, 6.45) is 7.32. The zero-order valence-electron chi connectivity index (χ0n) is 10.6. The Labute approximate surface area is 159 Å². The molecule has 0 bridgehead atoms. The molecule has 1 atom stereocenters. The number of hydrogen-bond acceptors (Lipinski definition) is 2. The molecule has 1 heterocycles. The number of piperidine rings is 1. The molecular weight excluding hydrogens is 595 g/mol. The molecule has 0 aromatic heterocycles. The van der Waals surface area contributed by atoms with Crippen molar-refractivity contribution in [2.75, 3.05) is 13.1 Å². The molecule has 1 aliphatic rings. The quantitative estimate of drug-likeness (QED) is 0.243. The van der Waals surface area contributed by atoms with Gasteiger partial charge in [0.1, 0.15) is 6.54 Å². The van der Waals surface area contributed by atoms with Gasteiger partial charge in [0.05, 0.1) is 12.1 Å². The number of quaternary nitrogens is 1. The monoisotopic (exact) mass is 608 g/mol. The molecule has 1 fully saturated rings.